The third kappa shape index (κ3) is 3.90. The van der Waals surface area contributed by atoms with E-state index >= 15 is 0 Å². The van der Waals surface area contributed by atoms with Crippen LogP contribution in [-0.4, -0.2) is 43.1 Å². The molecule has 0 spiro atoms. The number of urea groups is 1. The minimum atomic E-state index is 0.000862. The third-order valence-electron chi connectivity index (χ3n) is 3.93. The minimum Gasteiger partial charge on any atom is -0.356 e. The van der Waals surface area contributed by atoms with Crippen LogP contribution in [0.1, 0.15) is 24.8 Å². The van der Waals surface area contributed by atoms with Crippen molar-refractivity contribution in [1.29, 1.82) is 0 Å². The van der Waals surface area contributed by atoms with E-state index < -0.39 is 0 Å². The highest BCUT2D eigenvalue weighted by atomic mass is 16.2. The van der Waals surface area contributed by atoms with Gasteiger partial charge in [-0.05, 0) is 37.0 Å². The number of likely N-dealkylation sites (tertiary alicyclic amines) is 1. The van der Waals surface area contributed by atoms with E-state index in [1.54, 1.807) is 0 Å². The van der Waals surface area contributed by atoms with Crippen molar-refractivity contribution < 1.29 is 4.79 Å². The molecule has 2 amide bonds. The first kappa shape index (κ1) is 14.7. The fourth-order valence-electron chi connectivity index (χ4n) is 2.72. The largest absolute Gasteiger partial charge is 0.356 e. The minimum absolute atomic E-state index is 0.000862. The molecule has 2 aliphatic heterocycles. The van der Waals surface area contributed by atoms with Crippen LogP contribution in [0.2, 0.25) is 0 Å². The first-order chi connectivity index (χ1) is 10.8. The number of hydrogen-bond acceptors (Lipinski definition) is 4. The van der Waals surface area contributed by atoms with E-state index in [0.717, 1.165) is 62.7 Å². The summed E-state index contributed by atoms with van der Waals surface area (Å²) in [6.45, 7) is 4.26. The Morgan fingerprint density at radius 3 is 2.91 bits per heavy atom. The molecule has 3 N–H and O–H groups in total. The van der Waals surface area contributed by atoms with Crippen LogP contribution in [0.15, 0.2) is 29.3 Å². The molecule has 0 aromatic heterocycles. The molecule has 0 radical (unpaired) electrons. The van der Waals surface area contributed by atoms with Crippen molar-refractivity contribution in [3.05, 3.63) is 29.8 Å². The second-order valence-electron chi connectivity index (χ2n) is 5.69. The molecule has 1 aromatic carbocycles. The Bertz CT molecular complexity index is 551. The molecular formula is C16H23N5O. The topological polar surface area (TPSA) is 68.8 Å². The van der Waals surface area contributed by atoms with E-state index in [1.807, 2.05) is 29.2 Å². The number of hydrogen-bond donors (Lipinski definition) is 3. The van der Waals surface area contributed by atoms with Gasteiger partial charge in [0, 0.05) is 38.4 Å². The molecule has 1 aromatic rings. The van der Waals surface area contributed by atoms with E-state index in [2.05, 4.69) is 20.9 Å². The van der Waals surface area contributed by atoms with Gasteiger partial charge in [-0.15, -0.1) is 0 Å². The zero-order chi connectivity index (χ0) is 15.2. The average molecular weight is 301 g/mol. The maximum atomic E-state index is 12.1. The molecular weight excluding hydrogens is 278 g/mol. The van der Waals surface area contributed by atoms with Crippen molar-refractivity contribution in [2.24, 2.45) is 4.99 Å². The number of benzene rings is 1. The van der Waals surface area contributed by atoms with Crippen molar-refractivity contribution in [2.45, 2.75) is 25.8 Å². The summed E-state index contributed by atoms with van der Waals surface area (Å²) in [5, 5.41) is 9.50. The Balaban J connectivity index is 1.55. The molecule has 118 valence electrons. The van der Waals surface area contributed by atoms with Crippen LogP contribution in [0.4, 0.5) is 10.5 Å². The lowest BCUT2D eigenvalue weighted by molar-refractivity contribution is 0.222. The van der Waals surface area contributed by atoms with Crippen molar-refractivity contribution in [1.82, 2.24) is 15.5 Å². The zero-order valence-electron chi connectivity index (χ0n) is 12.8. The predicted octanol–water partition coefficient (Wildman–Crippen LogP) is 1.75. The average Bonchev–Trinajstić information content (AvgIpc) is 3.09. The van der Waals surface area contributed by atoms with Gasteiger partial charge < -0.3 is 20.9 Å². The summed E-state index contributed by atoms with van der Waals surface area (Å²) in [5.41, 5.74) is 1.96. The normalized spacial score (nSPS) is 17.6. The summed E-state index contributed by atoms with van der Waals surface area (Å²) in [6, 6.07) is 7.94. The fourth-order valence-corrected chi connectivity index (χ4v) is 2.72. The van der Waals surface area contributed by atoms with E-state index in [1.165, 1.54) is 0 Å². The van der Waals surface area contributed by atoms with Gasteiger partial charge in [-0.3, -0.25) is 4.99 Å². The van der Waals surface area contributed by atoms with Gasteiger partial charge in [0.05, 0.1) is 0 Å². The van der Waals surface area contributed by atoms with Crippen LogP contribution in [0.5, 0.6) is 0 Å². The molecule has 6 nitrogen and oxygen atoms in total. The molecule has 2 aliphatic rings. The molecule has 3 rings (SSSR count). The lowest BCUT2D eigenvalue weighted by Crippen LogP contribution is -2.40. The summed E-state index contributed by atoms with van der Waals surface area (Å²) in [6.07, 6.45) is 3.29. The first-order valence-corrected chi connectivity index (χ1v) is 7.98. The summed E-state index contributed by atoms with van der Waals surface area (Å²) >= 11 is 0. The highest BCUT2D eigenvalue weighted by Gasteiger charge is 2.17. The van der Waals surface area contributed by atoms with Gasteiger partial charge in [-0.2, -0.15) is 0 Å². The highest BCUT2D eigenvalue weighted by molar-refractivity contribution is 5.89. The molecule has 0 aliphatic carbocycles. The van der Waals surface area contributed by atoms with E-state index in [0.29, 0.717) is 6.54 Å². The summed E-state index contributed by atoms with van der Waals surface area (Å²) in [5.74, 6) is 0.859. The number of rotatable bonds is 3. The molecule has 6 heteroatoms. The maximum absolute atomic E-state index is 12.1. The summed E-state index contributed by atoms with van der Waals surface area (Å²) in [7, 11) is 0. The molecule has 1 saturated heterocycles. The van der Waals surface area contributed by atoms with Gasteiger partial charge >= 0.3 is 6.03 Å². The van der Waals surface area contributed by atoms with Crippen LogP contribution in [0, 0.1) is 0 Å². The number of carbonyl (C=O) groups excluding carboxylic acids is 1. The van der Waals surface area contributed by atoms with Crippen LogP contribution in [-0.2, 0) is 6.54 Å². The number of nitrogens with one attached hydrogen (secondary N) is 3. The molecule has 0 bridgehead atoms. The molecule has 1 fully saturated rings. The lowest BCUT2D eigenvalue weighted by atomic mass is 10.2. The number of aliphatic imine (C=N–C) groups is 1. The molecule has 22 heavy (non-hydrogen) atoms. The van der Waals surface area contributed by atoms with Gasteiger partial charge in [-0.1, -0.05) is 12.1 Å². The molecule has 0 unspecified atom stereocenters. The summed E-state index contributed by atoms with van der Waals surface area (Å²) < 4.78 is 0. The van der Waals surface area contributed by atoms with Gasteiger partial charge in [0.15, 0.2) is 5.96 Å². The Hall–Kier alpha value is -2.24. The molecule has 0 saturated carbocycles. The summed E-state index contributed by atoms with van der Waals surface area (Å²) in [4.78, 5) is 18.4. The van der Waals surface area contributed by atoms with E-state index in [-0.39, 0.29) is 6.03 Å². The predicted molar refractivity (Wildman–Crippen MR) is 88.0 cm³/mol. The van der Waals surface area contributed by atoms with Crippen LogP contribution < -0.4 is 16.0 Å². The van der Waals surface area contributed by atoms with Gasteiger partial charge in [0.2, 0.25) is 0 Å². The van der Waals surface area contributed by atoms with Crippen molar-refractivity contribution in [3.63, 3.8) is 0 Å². The van der Waals surface area contributed by atoms with Crippen LogP contribution in [0.3, 0.4) is 0 Å². The van der Waals surface area contributed by atoms with E-state index in [4.69, 9.17) is 0 Å². The van der Waals surface area contributed by atoms with Crippen molar-refractivity contribution in [2.75, 3.05) is 31.5 Å². The standard InChI is InChI=1S/C16H23N5O/c22-16(21-9-1-2-10-21)20-14-6-3-5-13(11-14)12-19-15-17-7-4-8-18-15/h3,5-6,11H,1-2,4,7-10,12H2,(H,20,22)(H2,17,18,19). The zero-order valence-corrected chi connectivity index (χ0v) is 12.8. The maximum Gasteiger partial charge on any atom is 0.321 e. The van der Waals surface area contributed by atoms with Crippen molar-refractivity contribution in [3.8, 4) is 0 Å². The number of carbonyl (C=O) groups is 1. The number of anilines is 1. The smallest absolute Gasteiger partial charge is 0.321 e. The molecule has 0 atom stereocenters. The van der Waals surface area contributed by atoms with Gasteiger partial charge in [0.25, 0.3) is 0 Å². The Labute approximate surface area is 131 Å². The van der Waals surface area contributed by atoms with E-state index in [9.17, 15) is 4.79 Å². The second-order valence-corrected chi connectivity index (χ2v) is 5.69. The Morgan fingerprint density at radius 1 is 1.27 bits per heavy atom. The third-order valence-corrected chi connectivity index (χ3v) is 3.93. The number of nitrogens with zero attached hydrogens (tertiary/aromatic N) is 2. The molecule has 2 heterocycles. The van der Waals surface area contributed by atoms with Crippen LogP contribution in [0.25, 0.3) is 0 Å². The van der Waals surface area contributed by atoms with Gasteiger partial charge in [-0.25, -0.2) is 4.79 Å². The van der Waals surface area contributed by atoms with Gasteiger partial charge in [0.1, 0.15) is 0 Å². The quantitative estimate of drug-likeness (QED) is 0.797. The number of guanidine groups is 1. The fraction of sp³-hybridized carbons (Fsp3) is 0.500. The Morgan fingerprint density at radius 2 is 2.14 bits per heavy atom. The number of amides is 2. The Kier molecular flexibility index (Phi) is 4.78. The SMILES string of the molecule is O=C(Nc1cccc(CNC2=NCCCN2)c1)N1CCCC1. The monoisotopic (exact) mass is 301 g/mol. The van der Waals surface area contributed by atoms with Crippen LogP contribution >= 0.6 is 0 Å². The van der Waals surface area contributed by atoms with Crippen molar-refractivity contribution >= 4 is 17.7 Å². The highest BCUT2D eigenvalue weighted by Crippen LogP contribution is 2.14. The lowest BCUT2D eigenvalue weighted by Gasteiger charge is -2.17. The second kappa shape index (κ2) is 7.15. The first-order valence-electron chi connectivity index (χ1n) is 7.98.